The summed E-state index contributed by atoms with van der Waals surface area (Å²) in [7, 11) is 1.14. The zero-order valence-corrected chi connectivity index (χ0v) is 23.2. The van der Waals surface area contributed by atoms with Gasteiger partial charge in [-0.05, 0) is 47.1 Å². The molecule has 0 spiro atoms. The fraction of sp³-hybridized carbons (Fsp3) is 0.308. The molecule has 39 heavy (non-hydrogen) atoms. The summed E-state index contributed by atoms with van der Waals surface area (Å²) in [5.41, 5.74) is 0.643. The zero-order chi connectivity index (χ0) is 28.9. The van der Waals surface area contributed by atoms with Gasteiger partial charge in [-0.3, -0.25) is 24.1 Å². The van der Waals surface area contributed by atoms with E-state index in [9.17, 15) is 28.8 Å². The van der Waals surface area contributed by atoms with Gasteiger partial charge in [0, 0.05) is 30.4 Å². The maximum absolute atomic E-state index is 13.1. The van der Waals surface area contributed by atoms with Gasteiger partial charge in [0.05, 0.1) is 38.1 Å². The number of hydrogen-bond donors (Lipinski definition) is 0. The van der Waals surface area contributed by atoms with Crippen LogP contribution in [-0.2, 0) is 35.2 Å². The summed E-state index contributed by atoms with van der Waals surface area (Å²) in [5.74, 6) is -4.51. The van der Waals surface area contributed by atoms with E-state index in [1.54, 1.807) is 6.92 Å². The molecule has 13 heteroatoms. The highest BCUT2D eigenvalue weighted by molar-refractivity contribution is 9.10. The smallest absolute Gasteiger partial charge is 0.341 e. The quantitative estimate of drug-likeness (QED) is 0.249. The molecule has 2 aromatic carbocycles. The Morgan fingerprint density at radius 1 is 0.897 bits per heavy atom. The number of rotatable bonds is 8. The Labute approximate surface area is 231 Å². The Morgan fingerprint density at radius 3 is 2.05 bits per heavy atom. The van der Waals surface area contributed by atoms with Crippen LogP contribution < -0.4 is 14.4 Å². The minimum absolute atomic E-state index is 0.0629. The Balaban J connectivity index is 1.90. The molecule has 0 saturated carbocycles. The third-order valence-corrected chi connectivity index (χ3v) is 6.04. The van der Waals surface area contributed by atoms with E-state index in [2.05, 4.69) is 15.9 Å². The van der Waals surface area contributed by atoms with Crippen LogP contribution in [0.1, 0.15) is 47.1 Å². The van der Waals surface area contributed by atoms with Gasteiger partial charge in [0.15, 0.2) is 11.5 Å². The van der Waals surface area contributed by atoms with Gasteiger partial charge in [0.1, 0.15) is 5.56 Å². The van der Waals surface area contributed by atoms with Crippen LogP contribution in [0.2, 0.25) is 0 Å². The van der Waals surface area contributed by atoms with E-state index in [1.807, 2.05) is 0 Å². The van der Waals surface area contributed by atoms with Gasteiger partial charge in [0.25, 0.3) is 0 Å². The summed E-state index contributed by atoms with van der Waals surface area (Å²) < 4.78 is 20.5. The van der Waals surface area contributed by atoms with E-state index < -0.39 is 35.7 Å². The SMILES string of the molecule is CCOC(=O)c1ccc(N2C(=O)CN(Cc3ccc(C(=O)OC)c(OC(C)=O)c3OC(C)=O)CC2=O)c(Br)c1. The molecule has 0 N–H and O–H groups in total. The number of anilines is 1. The molecular formula is C26H25BrN2O10. The number of halogens is 1. The predicted molar refractivity (Wildman–Crippen MR) is 138 cm³/mol. The lowest BCUT2D eigenvalue weighted by Crippen LogP contribution is -2.54. The third kappa shape index (κ3) is 6.86. The van der Waals surface area contributed by atoms with Crippen LogP contribution in [0.3, 0.4) is 0 Å². The van der Waals surface area contributed by atoms with Crippen LogP contribution in [0.25, 0.3) is 0 Å². The van der Waals surface area contributed by atoms with Crippen molar-refractivity contribution in [2.24, 2.45) is 0 Å². The Morgan fingerprint density at radius 2 is 1.51 bits per heavy atom. The van der Waals surface area contributed by atoms with Crippen LogP contribution in [0.4, 0.5) is 5.69 Å². The largest absolute Gasteiger partial charge is 0.465 e. The number of imide groups is 1. The molecule has 3 rings (SSSR count). The first kappa shape index (κ1) is 29.5. The van der Waals surface area contributed by atoms with E-state index in [0.717, 1.165) is 25.9 Å². The van der Waals surface area contributed by atoms with Crippen molar-refractivity contribution >= 4 is 57.3 Å². The highest BCUT2D eigenvalue weighted by atomic mass is 79.9. The normalized spacial score (nSPS) is 13.6. The number of piperazine rings is 1. The fourth-order valence-corrected chi connectivity index (χ4v) is 4.43. The summed E-state index contributed by atoms with van der Waals surface area (Å²) >= 11 is 3.32. The second kappa shape index (κ2) is 12.6. The number of amides is 2. The molecule has 1 heterocycles. The first-order valence-electron chi connectivity index (χ1n) is 11.6. The lowest BCUT2D eigenvalue weighted by atomic mass is 10.1. The van der Waals surface area contributed by atoms with Crippen molar-refractivity contribution in [1.29, 1.82) is 0 Å². The van der Waals surface area contributed by atoms with Crippen molar-refractivity contribution < 1.29 is 47.7 Å². The molecule has 2 aromatic rings. The summed E-state index contributed by atoms with van der Waals surface area (Å²) in [6.07, 6.45) is 0. The molecule has 2 amide bonds. The van der Waals surface area contributed by atoms with E-state index >= 15 is 0 Å². The van der Waals surface area contributed by atoms with Crippen molar-refractivity contribution in [2.75, 3.05) is 31.7 Å². The van der Waals surface area contributed by atoms with E-state index in [-0.39, 0.29) is 60.1 Å². The van der Waals surface area contributed by atoms with Gasteiger partial charge in [-0.2, -0.15) is 0 Å². The monoisotopic (exact) mass is 604 g/mol. The molecule has 1 aliphatic rings. The van der Waals surface area contributed by atoms with Crippen molar-refractivity contribution in [2.45, 2.75) is 27.3 Å². The molecule has 0 radical (unpaired) electrons. The van der Waals surface area contributed by atoms with Crippen LogP contribution in [0.5, 0.6) is 11.5 Å². The first-order chi connectivity index (χ1) is 18.5. The first-order valence-corrected chi connectivity index (χ1v) is 12.4. The van der Waals surface area contributed by atoms with Crippen LogP contribution in [-0.4, -0.2) is 67.4 Å². The number of nitrogens with zero attached hydrogens (tertiary/aromatic N) is 2. The van der Waals surface area contributed by atoms with Gasteiger partial charge >= 0.3 is 23.9 Å². The molecule has 12 nitrogen and oxygen atoms in total. The highest BCUT2D eigenvalue weighted by Gasteiger charge is 2.34. The number of ether oxygens (including phenoxy) is 4. The molecule has 0 bridgehead atoms. The highest BCUT2D eigenvalue weighted by Crippen LogP contribution is 2.37. The number of benzene rings is 2. The second-order valence-electron chi connectivity index (χ2n) is 8.26. The van der Waals surface area contributed by atoms with Crippen molar-refractivity contribution in [3.8, 4) is 11.5 Å². The molecule has 0 aliphatic carbocycles. The average Bonchev–Trinajstić information content (AvgIpc) is 2.85. The summed E-state index contributed by atoms with van der Waals surface area (Å²) in [4.78, 5) is 76.5. The molecule has 0 aromatic heterocycles. The van der Waals surface area contributed by atoms with Gasteiger partial charge in [-0.15, -0.1) is 0 Å². The van der Waals surface area contributed by atoms with E-state index in [0.29, 0.717) is 4.47 Å². The lowest BCUT2D eigenvalue weighted by Gasteiger charge is -2.33. The summed E-state index contributed by atoms with van der Waals surface area (Å²) in [6.45, 7) is 3.66. The molecule has 0 unspecified atom stereocenters. The number of hydrogen-bond acceptors (Lipinski definition) is 11. The molecule has 1 saturated heterocycles. The van der Waals surface area contributed by atoms with Gasteiger partial charge < -0.3 is 18.9 Å². The van der Waals surface area contributed by atoms with E-state index in [1.165, 1.54) is 35.2 Å². The molecule has 1 fully saturated rings. The van der Waals surface area contributed by atoms with Gasteiger partial charge in [-0.25, -0.2) is 14.5 Å². The van der Waals surface area contributed by atoms with Crippen LogP contribution in [0.15, 0.2) is 34.8 Å². The minimum Gasteiger partial charge on any atom is -0.465 e. The molecule has 206 valence electrons. The van der Waals surface area contributed by atoms with Gasteiger partial charge in [0.2, 0.25) is 11.8 Å². The lowest BCUT2D eigenvalue weighted by molar-refractivity contribution is -0.134. The second-order valence-corrected chi connectivity index (χ2v) is 9.12. The zero-order valence-electron chi connectivity index (χ0n) is 21.6. The fourth-order valence-electron chi connectivity index (χ4n) is 3.87. The van der Waals surface area contributed by atoms with Crippen molar-refractivity contribution in [3.05, 3.63) is 51.5 Å². The number of esters is 4. The Hall–Kier alpha value is -4.10. The standard InChI is InChI=1S/C26H25BrN2O10/c1-5-37-25(34)16-7-9-20(19(27)10-16)29-21(32)12-28(13-22(29)33)11-17-6-8-18(26(35)36-4)24(39-15(3)31)23(17)38-14(2)30/h6-10H,5,11-13H2,1-4H3. The maximum Gasteiger partial charge on any atom is 0.341 e. The maximum atomic E-state index is 13.1. The Bertz CT molecular complexity index is 1340. The predicted octanol–water partition coefficient (Wildman–Crippen LogP) is 2.64. The Kier molecular flexibility index (Phi) is 9.54. The third-order valence-electron chi connectivity index (χ3n) is 5.40. The number of methoxy groups -OCH3 is 1. The van der Waals surface area contributed by atoms with Gasteiger partial charge in [-0.1, -0.05) is 6.07 Å². The minimum atomic E-state index is -0.829. The van der Waals surface area contributed by atoms with Crippen molar-refractivity contribution in [3.63, 3.8) is 0 Å². The summed E-state index contributed by atoms with van der Waals surface area (Å²) in [6, 6.07) is 7.16. The average molecular weight is 605 g/mol. The van der Waals surface area contributed by atoms with Crippen LogP contribution >= 0.6 is 15.9 Å². The topological polar surface area (TPSA) is 146 Å². The van der Waals surface area contributed by atoms with Crippen molar-refractivity contribution in [1.82, 2.24) is 4.90 Å². The number of carbonyl (C=O) groups is 6. The molecular weight excluding hydrogens is 580 g/mol. The summed E-state index contributed by atoms with van der Waals surface area (Å²) in [5, 5.41) is 0. The molecule has 1 aliphatic heterocycles. The molecule has 0 atom stereocenters. The van der Waals surface area contributed by atoms with Crippen LogP contribution in [0, 0.1) is 0 Å². The number of carbonyl (C=O) groups excluding carboxylic acids is 6. The van der Waals surface area contributed by atoms with E-state index in [4.69, 9.17) is 18.9 Å².